The Hall–Kier alpha value is -2.26. The van der Waals surface area contributed by atoms with Crippen LogP contribution < -0.4 is 10.2 Å². The van der Waals surface area contributed by atoms with Crippen molar-refractivity contribution in [1.82, 2.24) is 10.2 Å². The first-order valence-corrected chi connectivity index (χ1v) is 10.1. The van der Waals surface area contributed by atoms with Gasteiger partial charge in [-0.1, -0.05) is 36.6 Å². The summed E-state index contributed by atoms with van der Waals surface area (Å²) in [6.45, 7) is 11.5. The second-order valence-electron chi connectivity index (χ2n) is 5.05. The fourth-order valence-corrected chi connectivity index (χ4v) is 3.76. The molecule has 2 rings (SSSR count). The molecule has 0 atom stereocenters. The van der Waals surface area contributed by atoms with Crippen molar-refractivity contribution < 1.29 is 4.79 Å². The summed E-state index contributed by atoms with van der Waals surface area (Å²) >= 11 is 3.00. The molecular weight excluding hydrogens is 368 g/mol. The van der Waals surface area contributed by atoms with Gasteiger partial charge in [-0.05, 0) is 43.9 Å². The van der Waals surface area contributed by atoms with Gasteiger partial charge in [-0.2, -0.15) is 0 Å². The predicted octanol–water partition coefficient (Wildman–Crippen LogP) is 5.04. The fraction of sp³-hybridized carbons (Fsp3) is 0.353. The second kappa shape index (κ2) is 10.0. The molecular formula is C17H22N6OS2. The maximum Gasteiger partial charge on any atom is 0.252 e. The largest absolute Gasteiger partial charge is 0.372 e. The molecule has 0 fully saturated rings. The fourth-order valence-electron chi connectivity index (χ4n) is 2.20. The van der Waals surface area contributed by atoms with Crippen molar-refractivity contribution in [2.24, 2.45) is 10.2 Å². The predicted molar refractivity (Wildman–Crippen MR) is 109 cm³/mol. The Morgan fingerprint density at radius 3 is 2.73 bits per heavy atom. The molecule has 1 N–H and O–H groups in total. The number of hydrogen-bond acceptors (Lipinski definition) is 8. The van der Waals surface area contributed by atoms with E-state index >= 15 is 0 Å². The third-order valence-electron chi connectivity index (χ3n) is 3.46. The minimum Gasteiger partial charge on any atom is -0.372 e. The molecule has 1 aromatic heterocycles. The smallest absolute Gasteiger partial charge is 0.252 e. The highest BCUT2D eigenvalue weighted by molar-refractivity contribution is 8.01. The van der Waals surface area contributed by atoms with Gasteiger partial charge in [-0.25, -0.2) is 0 Å². The number of hydrogen-bond donors (Lipinski definition) is 1. The van der Waals surface area contributed by atoms with E-state index in [1.165, 1.54) is 17.4 Å². The number of amides is 1. The lowest BCUT2D eigenvalue weighted by atomic mass is 10.2. The number of nitrogens with one attached hydrogen (secondary N) is 1. The van der Waals surface area contributed by atoms with Crippen LogP contribution >= 0.6 is 23.1 Å². The molecule has 0 saturated carbocycles. The van der Waals surface area contributed by atoms with Crippen molar-refractivity contribution in [3.8, 4) is 0 Å². The summed E-state index contributed by atoms with van der Waals surface area (Å²) in [6.07, 6.45) is 1.23. The van der Waals surface area contributed by atoms with Crippen LogP contribution in [0.1, 0.15) is 20.8 Å². The van der Waals surface area contributed by atoms with Crippen LogP contribution in [0.15, 0.2) is 45.4 Å². The van der Waals surface area contributed by atoms with E-state index in [1.54, 1.807) is 11.8 Å². The van der Waals surface area contributed by atoms with E-state index < -0.39 is 0 Å². The van der Waals surface area contributed by atoms with E-state index in [-0.39, 0.29) is 5.91 Å². The van der Waals surface area contributed by atoms with Crippen LogP contribution in [0.3, 0.4) is 0 Å². The van der Waals surface area contributed by atoms with E-state index in [0.29, 0.717) is 16.5 Å². The zero-order chi connectivity index (χ0) is 18.9. The zero-order valence-electron chi connectivity index (χ0n) is 15.1. The Bertz CT molecular complexity index is 785. The first-order valence-electron chi connectivity index (χ1n) is 8.31. The van der Waals surface area contributed by atoms with E-state index in [4.69, 9.17) is 0 Å². The van der Waals surface area contributed by atoms with Crippen molar-refractivity contribution >= 4 is 51.2 Å². The maximum absolute atomic E-state index is 11.8. The Morgan fingerprint density at radius 1 is 1.31 bits per heavy atom. The van der Waals surface area contributed by atoms with Crippen LogP contribution in [-0.4, -0.2) is 34.9 Å². The van der Waals surface area contributed by atoms with Crippen LogP contribution in [0.2, 0.25) is 0 Å². The van der Waals surface area contributed by atoms with Crippen LogP contribution in [0, 0.1) is 0 Å². The Kier molecular flexibility index (Phi) is 7.73. The van der Waals surface area contributed by atoms with Gasteiger partial charge in [0.25, 0.3) is 5.13 Å². The van der Waals surface area contributed by atoms with Crippen LogP contribution in [0.25, 0.3) is 0 Å². The summed E-state index contributed by atoms with van der Waals surface area (Å²) in [7, 11) is 0. The van der Waals surface area contributed by atoms with Crippen LogP contribution in [0.5, 0.6) is 0 Å². The average Bonchev–Trinajstić information content (AvgIpc) is 3.10. The molecule has 0 aliphatic carbocycles. The summed E-state index contributed by atoms with van der Waals surface area (Å²) in [6, 6.07) is 5.68. The topological polar surface area (TPSA) is 82.8 Å². The van der Waals surface area contributed by atoms with E-state index in [9.17, 15) is 4.79 Å². The average molecular weight is 391 g/mol. The number of nitrogens with zero attached hydrogens (tertiary/aromatic N) is 5. The minimum atomic E-state index is -0.296. The van der Waals surface area contributed by atoms with Crippen molar-refractivity contribution in [3.63, 3.8) is 0 Å². The van der Waals surface area contributed by atoms with Crippen molar-refractivity contribution in [2.45, 2.75) is 25.1 Å². The minimum absolute atomic E-state index is 0.296. The number of anilines is 2. The van der Waals surface area contributed by atoms with Crippen LogP contribution in [0.4, 0.5) is 22.2 Å². The highest BCUT2D eigenvalue weighted by Gasteiger charge is 2.10. The quantitative estimate of drug-likeness (QED) is 0.368. The van der Waals surface area contributed by atoms with Crippen molar-refractivity contribution in [3.05, 3.63) is 30.9 Å². The lowest BCUT2D eigenvalue weighted by Gasteiger charge is -2.22. The summed E-state index contributed by atoms with van der Waals surface area (Å²) in [5, 5.41) is 19.7. The van der Waals surface area contributed by atoms with E-state index in [0.717, 1.165) is 28.9 Å². The Labute approximate surface area is 161 Å². The molecule has 1 amide bonds. The molecule has 26 heavy (non-hydrogen) atoms. The highest BCUT2D eigenvalue weighted by Crippen LogP contribution is 2.33. The molecule has 7 nitrogen and oxygen atoms in total. The van der Waals surface area contributed by atoms with Gasteiger partial charge >= 0.3 is 0 Å². The third kappa shape index (κ3) is 5.37. The lowest BCUT2D eigenvalue weighted by molar-refractivity contribution is -0.111. The highest BCUT2D eigenvalue weighted by atomic mass is 32.2. The number of rotatable bonds is 9. The third-order valence-corrected chi connectivity index (χ3v) is 5.28. The van der Waals surface area contributed by atoms with Gasteiger partial charge in [-0.3, -0.25) is 4.79 Å². The van der Waals surface area contributed by atoms with Gasteiger partial charge in [-0.15, -0.1) is 20.4 Å². The maximum atomic E-state index is 11.8. The monoisotopic (exact) mass is 390 g/mol. The molecule has 0 aliphatic rings. The SMILES string of the molecule is C=CC(=O)Nc1cc(N(CC)CC)ccc1N=Nc1nnc(SCC)s1. The summed E-state index contributed by atoms with van der Waals surface area (Å²) in [5.41, 5.74) is 2.14. The van der Waals surface area contributed by atoms with Gasteiger partial charge in [0.1, 0.15) is 5.69 Å². The summed E-state index contributed by atoms with van der Waals surface area (Å²) in [5.74, 6) is 0.631. The standard InChI is InChI=1S/C17H22N6OS2/c1-5-15(24)18-14-11-12(23(6-2)7-3)9-10-13(14)19-20-16-21-22-17(26-16)25-8-4/h5,9-11H,1,6-8H2,2-4H3,(H,18,24). The zero-order valence-corrected chi connectivity index (χ0v) is 16.7. The number of benzene rings is 1. The van der Waals surface area contributed by atoms with Crippen LogP contribution in [-0.2, 0) is 4.79 Å². The van der Waals surface area contributed by atoms with E-state index in [2.05, 4.69) is 58.0 Å². The molecule has 138 valence electrons. The Balaban J connectivity index is 2.30. The summed E-state index contributed by atoms with van der Waals surface area (Å²) < 4.78 is 0.860. The Morgan fingerprint density at radius 2 is 2.08 bits per heavy atom. The lowest BCUT2D eigenvalue weighted by Crippen LogP contribution is -2.21. The first kappa shape index (κ1) is 20.1. The second-order valence-corrected chi connectivity index (χ2v) is 7.52. The molecule has 0 unspecified atom stereocenters. The number of aromatic nitrogens is 2. The summed E-state index contributed by atoms with van der Waals surface area (Å²) in [4.78, 5) is 13.9. The first-order chi connectivity index (χ1) is 12.6. The molecule has 0 radical (unpaired) electrons. The number of carbonyl (C=O) groups excluding carboxylic acids is 1. The number of thioether (sulfide) groups is 1. The van der Waals surface area contributed by atoms with Gasteiger partial charge in [0, 0.05) is 18.8 Å². The molecule has 2 aromatic rings. The van der Waals surface area contributed by atoms with Gasteiger partial charge in [0.05, 0.1) is 5.69 Å². The van der Waals surface area contributed by atoms with Crippen molar-refractivity contribution in [1.29, 1.82) is 0 Å². The number of azo groups is 1. The van der Waals surface area contributed by atoms with Gasteiger partial charge in [0.2, 0.25) is 5.91 Å². The molecule has 0 spiro atoms. The molecule has 1 aromatic carbocycles. The van der Waals surface area contributed by atoms with Crippen molar-refractivity contribution in [2.75, 3.05) is 29.1 Å². The molecule has 0 aliphatic heterocycles. The molecule has 1 heterocycles. The molecule has 0 bridgehead atoms. The van der Waals surface area contributed by atoms with Gasteiger partial charge < -0.3 is 10.2 Å². The number of carbonyl (C=O) groups is 1. The normalized spacial score (nSPS) is 10.9. The van der Waals surface area contributed by atoms with E-state index in [1.807, 2.05) is 18.2 Å². The molecule has 9 heteroatoms. The van der Waals surface area contributed by atoms with Gasteiger partial charge in [0.15, 0.2) is 4.34 Å². The molecule has 0 saturated heterocycles.